The highest BCUT2D eigenvalue weighted by Gasteiger charge is 2.24. The molecule has 0 N–H and O–H groups in total. The summed E-state index contributed by atoms with van der Waals surface area (Å²) in [6.45, 7) is 13.1. The van der Waals surface area contributed by atoms with Crippen LogP contribution in [0.4, 0.5) is 0 Å². The van der Waals surface area contributed by atoms with E-state index in [1.165, 1.54) is 16.7 Å². The molecular weight excluding hydrogens is 495 g/mol. The van der Waals surface area contributed by atoms with Gasteiger partial charge in [0, 0.05) is 12.0 Å². The summed E-state index contributed by atoms with van der Waals surface area (Å²) >= 11 is 0. The summed E-state index contributed by atoms with van der Waals surface area (Å²) in [5.41, 5.74) is 6.21. The van der Waals surface area contributed by atoms with Crippen LogP contribution >= 0.6 is 7.82 Å². The van der Waals surface area contributed by atoms with Gasteiger partial charge in [-0.15, -0.1) is 0 Å². The maximum Gasteiger partial charge on any atom is 0.474 e. The van der Waals surface area contributed by atoms with Gasteiger partial charge in [0.2, 0.25) is 0 Å². The molecule has 0 aromatic heterocycles. The molecule has 214 valence electrons. The monoisotopic (exact) mass is 546 g/mol. The van der Waals surface area contributed by atoms with E-state index in [0.29, 0.717) is 19.4 Å². The van der Waals surface area contributed by atoms with E-state index in [0.717, 1.165) is 62.5 Å². The van der Waals surface area contributed by atoms with Crippen LogP contribution in [-0.4, -0.2) is 25.6 Å². The summed E-state index contributed by atoms with van der Waals surface area (Å²) < 4.78 is 27.9. The van der Waals surface area contributed by atoms with E-state index >= 15 is 0 Å². The van der Waals surface area contributed by atoms with Crippen LogP contribution in [0, 0.1) is 0 Å². The Bertz CT molecular complexity index is 946. The smallest absolute Gasteiger partial charge is 0.294 e. The first kappa shape index (κ1) is 34.2. The molecule has 5 nitrogen and oxygen atoms in total. The zero-order valence-electron chi connectivity index (χ0n) is 24.7. The van der Waals surface area contributed by atoms with Crippen molar-refractivity contribution >= 4 is 13.6 Å². The number of Topliss-reactive ketones (excluding diaryl/α,β-unsaturated/α-hetero) is 1. The minimum Gasteiger partial charge on any atom is -0.294 e. The molecule has 0 fully saturated rings. The molecule has 0 spiro atoms. The number of benzene rings is 1. The van der Waals surface area contributed by atoms with Crippen molar-refractivity contribution in [2.24, 2.45) is 0 Å². The molecule has 0 aliphatic heterocycles. The molecule has 1 aromatic carbocycles. The number of hydrogen-bond donors (Lipinski definition) is 0. The third-order valence-electron chi connectivity index (χ3n) is 6.22. The Morgan fingerprint density at radius 2 is 1.37 bits per heavy atom. The van der Waals surface area contributed by atoms with E-state index in [4.69, 9.17) is 13.6 Å². The van der Waals surface area contributed by atoms with Crippen molar-refractivity contribution in [3.63, 3.8) is 0 Å². The summed E-state index contributed by atoms with van der Waals surface area (Å²) in [6, 6.07) is 7.97. The minimum absolute atomic E-state index is 0.185. The average molecular weight is 547 g/mol. The van der Waals surface area contributed by atoms with Gasteiger partial charge in [-0.25, -0.2) is 4.57 Å². The van der Waals surface area contributed by atoms with Gasteiger partial charge >= 0.3 is 7.82 Å². The van der Waals surface area contributed by atoms with Gasteiger partial charge in [-0.3, -0.25) is 18.4 Å². The van der Waals surface area contributed by atoms with E-state index in [1.807, 2.05) is 18.2 Å². The molecule has 0 bridgehead atoms. The highest BCUT2D eigenvalue weighted by molar-refractivity contribution is 7.48. The number of unbranched alkanes of at least 4 members (excludes halogenated alkanes) is 2. The number of carbonyl (C=O) groups is 1. The fourth-order valence-electron chi connectivity index (χ4n) is 4.13. The lowest BCUT2D eigenvalue weighted by molar-refractivity contribution is 0.0973. The Labute approximate surface area is 232 Å². The second-order valence-corrected chi connectivity index (χ2v) is 11.7. The SMILES string of the molecule is CCOP(=O)(OCC)OCCCCCC(=O)c1ccccc1CC/C=C(\C)CC/C=C(\C)CCC=C(C)C. The first-order valence-corrected chi connectivity index (χ1v) is 15.8. The predicted octanol–water partition coefficient (Wildman–Crippen LogP) is 9.98. The van der Waals surface area contributed by atoms with Crippen molar-refractivity contribution in [2.45, 2.75) is 106 Å². The number of rotatable bonds is 21. The van der Waals surface area contributed by atoms with Gasteiger partial charge in [-0.1, -0.05) is 65.6 Å². The number of allylic oxidation sites excluding steroid dienone is 6. The molecule has 0 saturated heterocycles. The molecule has 0 atom stereocenters. The Hall–Kier alpha value is -1.78. The maximum absolute atomic E-state index is 12.9. The summed E-state index contributed by atoms with van der Waals surface area (Å²) in [4.78, 5) is 12.9. The van der Waals surface area contributed by atoms with Gasteiger partial charge in [0.25, 0.3) is 0 Å². The summed E-state index contributed by atoms with van der Waals surface area (Å²) in [7, 11) is -3.45. The van der Waals surface area contributed by atoms with E-state index in [1.54, 1.807) is 13.8 Å². The zero-order chi connectivity index (χ0) is 28.2. The lowest BCUT2D eigenvalue weighted by atomic mass is 9.96. The second-order valence-electron chi connectivity index (χ2n) is 10.0. The number of carbonyl (C=O) groups excluding carboxylic acids is 1. The van der Waals surface area contributed by atoms with Gasteiger partial charge in [0.1, 0.15) is 0 Å². The van der Waals surface area contributed by atoms with Gasteiger partial charge in [-0.2, -0.15) is 0 Å². The summed E-state index contributed by atoms with van der Waals surface area (Å²) in [5.74, 6) is 0.185. The predicted molar refractivity (Wildman–Crippen MR) is 160 cm³/mol. The molecule has 0 amide bonds. The van der Waals surface area contributed by atoms with E-state index in [2.05, 4.69) is 52.0 Å². The first-order valence-electron chi connectivity index (χ1n) is 14.3. The standard InChI is InChI=1S/C32H51O5P/c1-7-35-38(34,36-8-2)37-26-13-9-10-25-32(33)31-24-12-11-22-30(31)23-16-21-29(6)20-15-19-28(5)18-14-17-27(3)4/h11-12,17,19,21-22,24H,7-10,13-16,18,20,23,25-26H2,1-6H3/b28-19+,29-21+. The fraction of sp³-hybridized carbons (Fsp3) is 0.594. The van der Waals surface area contributed by atoms with Crippen molar-refractivity contribution in [2.75, 3.05) is 19.8 Å². The van der Waals surface area contributed by atoms with Crippen LogP contribution < -0.4 is 0 Å². The average Bonchev–Trinajstić information content (AvgIpc) is 2.86. The zero-order valence-corrected chi connectivity index (χ0v) is 25.6. The quantitative estimate of drug-likeness (QED) is 0.0664. The van der Waals surface area contributed by atoms with Crippen LogP contribution in [0.3, 0.4) is 0 Å². The molecule has 0 aliphatic carbocycles. The molecule has 0 unspecified atom stereocenters. The largest absolute Gasteiger partial charge is 0.474 e. The topological polar surface area (TPSA) is 61.8 Å². The molecule has 1 rings (SSSR count). The molecule has 38 heavy (non-hydrogen) atoms. The second kappa shape index (κ2) is 20.2. The number of hydrogen-bond acceptors (Lipinski definition) is 5. The fourth-order valence-corrected chi connectivity index (χ4v) is 5.34. The molecule has 0 heterocycles. The third-order valence-corrected chi connectivity index (χ3v) is 7.87. The molecular formula is C32H51O5P. The highest BCUT2D eigenvalue weighted by Crippen LogP contribution is 2.49. The van der Waals surface area contributed by atoms with E-state index in [-0.39, 0.29) is 19.0 Å². The molecule has 6 heteroatoms. The van der Waals surface area contributed by atoms with Crippen LogP contribution in [0.15, 0.2) is 59.2 Å². The molecule has 0 aliphatic rings. The Balaban J connectivity index is 2.42. The number of phosphoric acid groups is 1. The van der Waals surface area contributed by atoms with Crippen molar-refractivity contribution in [1.29, 1.82) is 0 Å². The first-order chi connectivity index (χ1) is 18.2. The van der Waals surface area contributed by atoms with Crippen molar-refractivity contribution < 1.29 is 22.9 Å². The Morgan fingerprint density at radius 1 is 0.763 bits per heavy atom. The highest BCUT2D eigenvalue weighted by atomic mass is 31.2. The van der Waals surface area contributed by atoms with Crippen LogP contribution in [0.5, 0.6) is 0 Å². The maximum atomic E-state index is 12.9. The van der Waals surface area contributed by atoms with Crippen molar-refractivity contribution in [3.05, 3.63) is 70.3 Å². The Kier molecular flexibility index (Phi) is 18.2. The van der Waals surface area contributed by atoms with Crippen LogP contribution in [0.1, 0.15) is 115 Å². The van der Waals surface area contributed by atoms with Crippen molar-refractivity contribution in [3.8, 4) is 0 Å². The molecule has 0 saturated carbocycles. The third kappa shape index (κ3) is 15.6. The number of aryl methyl sites for hydroxylation is 1. The molecule has 0 radical (unpaired) electrons. The molecule has 1 aromatic rings. The van der Waals surface area contributed by atoms with Gasteiger partial charge in [0.05, 0.1) is 19.8 Å². The van der Waals surface area contributed by atoms with Gasteiger partial charge in [-0.05, 0) is 98.5 Å². The Morgan fingerprint density at radius 3 is 2.00 bits per heavy atom. The van der Waals surface area contributed by atoms with E-state index < -0.39 is 7.82 Å². The lowest BCUT2D eigenvalue weighted by Gasteiger charge is -2.16. The van der Waals surface area contributed by atoms with Crippen molar-refractivity contribution in [1.82, 2.24) is 0 Å². The normalized spacial score (nSPS) is 12.6. The van der Waals surface area contributed by atoms with Gasteiger partial charge < -0.3 is 0 Å². The number of phosphoric ester groups is 1. The lowest BCUT2D eigenvalue weighted by Crippen LogP contribution is -2.04. The van der Waals surface area contributed by atoms with Gasteiger partial charge in [0.15, 0.2) is 5.78 Å². The summed E-state index contributed by atoms with van der Waals surface area (Å²) in [6.07, 6.45) is 16.0. The van der Waals surface area contributed by atoms with E-state index in [9.17, 15) is 9.36 Å². The number of ketones is 1. The summed E-state index contributed by atoms with van der Waals surface area (Å²) in [5, 5.41) is 0. The van der Waals surface area contributed by atoms with Crippen LogP contribution in [0.25, 0.3) is 0 Å². The van der Waals surface area contributed by atoms with Crippen LogP contribution in [0.2, 0.25) is 0 Å². The van der Waals surface area contributed by atoms with Crippen LogP contribution in [-0.2, 0) is 24.6 Å². The minimum atomic E-state index is -3.45.